The maximum absolute atomic E-state index is 14.6. The predicted molar refractivity (Wildman–Crippen MR) is 124 cm³/mol. The molecular weight excluding hydrogens is 422 g/mol. The van der Waals surface area contributed by atoms with Gasteiger partial charge in [-0.05, 0) is 97.6 Å². The summed E-state index contributed by atoms with van der Waals surface area (Å²) in [6.45, 7) is 3.80. The van der Waals surface area contributed by atoms with E-state index < -0.39 is 17.7 Å². The van der Waals surface area contributed by atoms with Crippen LogP contribution in [0.25, 0.3) is 0 Å². The second kappa shape index (κ2) is 9.06. The molecule has 0 aromatic heterocycles. The van der Waals surface area contributed by atoms with Gasteiger partial charge in [-0.1, -0.05) is 12.5 Å². The first-order valence-electron chi connectivity index (χ1n) is 11.8. The van der Waals surface area contributed by atoms with Crippen LogP contribution >= 0.6 is 0 Å². The summed E-state index contributed by atoms with van der Waals surface area (Å²) in [4.78, 5) is 12.0. The van der Waals surface area contributed by atoms with Crippen molar-refractivity contribution in [2.75, 3.05) is 7.11 Å². The van der Waals surface area contributed by atoms with E-state index in [1.54, 1.807) is 13.0 Å². The molecule has 176 valence electrons. The van der Waals surface area contributed by atoms with E-state index in [-0.39, 0.29) is 22.9 Å². The van der Waals surface area contributed by atoms with Crippen molar-refractivity contribution < 1.29 is 23.4 Å². The molecule has 1 aromatic carbocycles. The van der Waals surface area contributed by atoms with Gasteiger partial charge in [0.15, 0.2) is 23.2 Å². The van der Waals surface area contributed by atoms with Crippen LogP contribution in [0.5, 0.6) is 5.75 Å². The smallest absolute Gasteiger partial charge is 0.190 e. The number of ketones is 1. The van der Waals surface area contributed by atoms with Crippen molar-refractivity contribution in [1.29, 1.82) is 0 Å². The van der Waals surface area contributed by atoms with E-state index in [0.717, 1.165) is 31.3 Å². The third-order valence-corrected chi connectivity index (χ3v) is 8.31. The number of benzene rings is 1. The van der Waals surface area contributed by atoms with Crippen molar-refractivity contribution in [1.82, 2.24) is 0 Å². The molecule has 5 heteroatoms. The molecule has 2 fully saturated rings. The molecule has 0 bridgehead atoms. The summed E-state index contributed by atoms with van der Waals surface area (Å²) in [7, 11) is 1.26. The van der Waals surface area contributed by atoms with Crippen molar-refractivity contribution in [3.05, 3.63) is 52.1 Å². The van der Waals surface area contributed by atoms with Gasteiger partial charge in [-0.3, -0.25) is 4.79 Å². The Morgan fingerprint density at radius 3 is 2.45 bits per heavy atom. The van der Waals surface area contributed by atoms with Crippen molar-refractivity contribution >= 4 is 5.78 Å². The lowest BCUT2D eigenvalue weighted by molar-refractivity contribution is -0.114. The third-order valence-electron chi connectivity index (χ3n) is 8.31. The highest BCUT2D eigenvalue weighted by molar-refractivity contribution is 5.93. The molecule has 5 unspecified atom stereocenters. The molecule has 0 spiro atoms. The molecule has 4 aliphatic carbocycles. The van der Waals surface area contributed by atoms with Gasteiger partial charge in [0.1, 0.15) is 0 Å². The van der Waals surface area contributed by atoms with E-state index in [1.165, 1.54) is 30.4 Å². The summed E-state index contributed by atoms with van der Waals surface area (Å²) in [6, 6.07) is 2.79. The van der Waals surface area contributed by atoms with Crippen molar-refractivity contribution in [3.8, 4) is 18.1 Å². The zero-order chi connectivity index (χ0) is 23.9. The first-order valence-corrected chi connectivity index (χ1v) is 11.8. The van der Waals surface area contributed by atoms with E-state index in [0.29, 0.717) is 36.7 Å². The van der Waals surface area contributed by atoms with E-state index in [9.17, 15) is 18.7 Å². The Bertz CT molecular complexity index is 1040. The van der Waals surface area contributed by atoms with Gasteiger partial charge in [0.2, 0.25) is 0 Å². The molecular formula is C28H32F2O3. The summed E-state index contributed by atoms with van der Waals surface area (Å²) >= 11 is 0. The lowest BCUT2D eigenvalue weighted by Crippen LogP contribution is -2.45. The minimum Gasteiger partial charge on any atom is -0.491 e. The second-order valence-electron chi connectivity index (χ2n) is 9.98. The molecule has 0 radical (unpaired) electrons. The Kier molecular flexibility index (Phi) is 6.51. The first-order chi connectivity index (χ1) is 15.7. The van der Waals surface area contributed by atoms with Crippen LogP contribution in [-0.4, -0.2) is 24.1 Å². The lowest BCUT2D eigenvalue weighted by Gasteiger charge is -2.52. The average Bonchev–Trinajstić information content (AvgIpc) is 3.07. The standard InChI is InChI=1S/C25H28F2O3.C3H4/c1-25-12-18(14-10-20(26)24(30-2)21(27)11-14)23-16-6-4-15(28)9-13(16)3-5-17(23)19(25)7-8-22(25)29;1-3-2/h9-11,17-19,22,29H,3-8,12H2,1-2H3;1H,2H3. The molecule has 33 heavy (non-hydrogen) atoms. The largest absolute Gasteiger partial charge is 0.491 e. The lowest BCUT2D eigenvalue weighted by atomic mass is 9.53. The monoisotopic (exact) mass is 454 g/mol. The summed E-state index contributed by atoms with van der Waals surface area (Å²) in [5.41, 5.74) is 3.95. The average molecular weight is 455 g/mol. The van der Waals surface area contributed by atoms with Gasteiger partial charge in [-0.15, -0.1) is 12.3 Å². The molecule has 5 rings (SSSR count). The number of fused-ring (bicyclic) bond motifs is 4. The van der Waals surface area contributed by atoms with Crippen LogP contribution in [-0.2, 0) is 4.79 Å². The van der Waals surface area contributed by atoms with Gasteiger partial charge in [0, 0.05) is 12.3 Å². The number of hydrogen-bond donors (Lipinski definition) is 1. The van der Waals surface area contributed by atoms with E-state index in [1.807, 2.05) is 0 Å². The number of carbonyl (C=O) groups excluding carboxylic acids is 1. The fourth-order valence-electron chi connectivity index (χ4n) is 6.91. The van der Waals surface area contributed by atoms with Crippen LogP contribution in [0.2, 0.25) is 0 Å². The molecule has 0 aliphatic heterocycles. The fraction of sp³-hybridized carbons (Fsp3) is 0.536. The highest BCUT2D eigenvalue weighted by Gasteiger charge is 2.56. The van der Waals surface area contributed by atoms with Gasteiger partial charge in [-0.25, -0.2) is 8.78 Å². The summed E-state index contributed by atoms with van der Waals surface area (Å²) in [5.74, 6) is 1.17. The molecule has 0 saturated heterocycles. The van der Waals surface area contributed by atoms with Crippen LogP contribution in [0.3, 0.4) is 0 Å². The third kappa shape index (κ3) is 3.93. The molecule has 0 heterocycles. The Morgan fingerprint density at radius 2 is 1.82 bits per heavy atom. The molecule has 5 atom stereocenters. The van der Waals surface area contributed by atoms with Gasteiger partial charge in [0.05, 0.1) is 13.2 Å². The van der Waals surface area contributed by atoms with Crippen molar-refractivity contribution in [2.24, 2.45) is 17.3 Å². The first kappa shape index (κ1) is 23.7. The fourth-order valence-corrected chi connectivity index (χ4v) is 6.91. The van der Waals surface area contributed by atoms with E-state index in [2.05, 4.69) is 19.3 Å². The summed E-state index contributed by atoms with van der Waals surface area (Å²) in [6.07, 6.45) is 11.4. The summed E-state index contributed by atoms with van der Waals surface area (Å²) in [5, 5.41) is 10.9. The van der Waals surface area contributed by atoms with Gasteiger partial charge < -0.3 is 9.84 Å². The number of methoxy groups -OCH3 is 1. The Hall–Kier alpha value is -2.45. The molecule has 1 N–H and O–H groups in total. The minimum absolute atomic E-state index is 0.161. The zero-order valence-electron chi connectivity index (χ0n) is 19.6. The van der Waals surface area contributed by atoms with Crippen molar-refractivity contribution in [2.45, 2.75) is 70.8 Å². The van der Waals surface area contributed by atoms with Gasteiger partial charge >= 0.3 is 0 Å². The number of rotatable bonds is 2. The number of aliphatic hydroxyl groups excluding tert-OH is 1. The van der Waals surface area contributed by atoms with Crippen LogP contribution < -0.4 is 4.74 Å². The number of ether oxygens (including phenoxy) is 1. The van der Waals surface area contributed by atoms with Crippen LogP contribution in [0, 0.1) is 41.2 Å². The molecule has 2 saturated carbocycles. The summed E-state index contributed by atoms with van der Waals surface area (Å²) < 4.78 is 34.1. The molecule has 0 amide bonds. The molecule has 4 aliphatic rings. The van der Waals surface area contributed by atoms with Crippen molar-refractivity contribution in [3.63, 3.8) is 0 Å². The van der Waals surface area contributed by atoms with Crippen LogP contribution in [0.1, 0.15) is 70.3 Å². The Morgan fingerprint density at radius 1 is 1.15 bits per heavy atom. The zero-order valence-corrected chi connectivity index (χ0v) is 19.6. The number of carbonyl (C=O) groups is 1. The highest BCUT2D eigenvalue weighted by Crippen LogP contribution is 2.63. The minimum atomic E-state index is -0.695. The number of aliphatic hydroxyl groups is 1. The highest BCUT2D eigenvalue weighted by atomic mass is 19.1. The quantitative estimate of drug-likeness (QED) is 0.568. The van der Waals surface area contributed by atoms with Gasteiger partial charge in [0.25, 0.3) is 0 Å². The van der Waals surface area contributed by atoms with E-state index in [4.69, 9.17) is 4.74 Å². The van der Waals surface area contributed by atoms with Gasteiger partial charge in [-0.2, -0.15) is 0 Å². The second-order valence-corrected chi connectivity index (χ2v) is 9.98. The predicted octanol–water partition coefficient (Wildman–Crippen LogP) is 5.87. The maximum atomic E-state index is 14.6. The Balaban J connectivity index is 0.000000821. The topological polar surface area (TPSA) is 46.5 Å². The van der Waals surface area contributed by atoms with Crippen LogP contribution in [0.4, 0.5) is 8.78 Å². The number of hydrogen-bond acceptors (Lipinski definition) is 3. The molecule has 3 nitrogen and oxygen atoms in total. The Labute approximate surface area is 194 Å². The SMILES string of the molecule is C#CC.COc1c(F)cc(C2CC3(C)C(O)CCC3C3CCC4=CC(=O)CCC4=C23)cc1F. The van der Waals surface area contributed by atoms with Crippen LogP contribution in [0.15, 0.2) is 34.9 Å². The van der Waals surface area contributed by atoms with E-state index >= 15 is 0 Å². The number of terminal acetylenes is 1. The normalized spacial score (nSPS) is 32.5. The number of halogens is 2. The maximum Gasteiger partial charge on any atom is 0.190 e. The number of allylic oxidation sites excluding steroid dienone is 4. The molecule has 1 aromatic rings.